The lowest BCUT2D eigenvalue weighted by Gasteiger charge is -2.22. The lowest BCUT2D eigenvalue weighted by molar-refractivity contribution is -0.137. The van der Waals surface area contributed by atoms with Crippen LogP contribution in [-0.4, -0.2) is 22.3 Å². The Hall–Kier alpha value is -1.34. The van der Waals surface area contributed by atoms with Gasteiger partial charge in [-0.15, -0.1) is 0 Å². The highest BCUT2D eigenvalue weighted by atomic mass is 32.3. The SMILES string of the molecule is O=S(=O)([N-]S(=O)(=O)C(F)(F)F)c1ccc(C(F)(F)F)cc1. The molecule has 0 aliphatic heterocycles. The molecule has 0 heterocycles. The molecule has 1 rings (SSSR count). The molecule has 21 heavy (non-hydrogen) atoms. The van der Waals surface area contributed by atoms with Gasteiger partial charge in [-0.25, -0.2) is 16.8 Å². The first kappa shape index (κ1) is 17.7. The van der Waals surface area contributed by atoms with Crippen molar-refractivity contribution < 1.29 is 43.2 Å². The molecule has 0 aliphatic rings. The van der Waals surface area contributed by atoms with Gasteiger partial charge >= 0.3 is 11.7 Å². The second-order valence-electron chi connectivity index (χ2n) is 3.49. The third-order valence-electron chi connectivity index (χ3n) is 1.97. The van der Waals surface area contributed by atoms with Crippen molar-refractivity contribution in [2.24, 2.45) is 0 Å². The van der Waals surface area contributed by atoms with Crippen molar-refractivity contribution in [3.8, 4) is 0 Å². The number of benzene rings is 1. The van der Waals surface area contributed by atoms with E-state index >= 15 is 0 Å². The monoisotopic (exact) mass is 356 g/mol. The Balaban J connectivity index is 3.17. The number of alkyl halides is 6. The number of sulfonamides is 2. The number of nitrogens with zero attached hydrogens (tertiary/aromatic N) is 1. The molecule has 0 aliphatic carbocycles. The molecule has 0 aromatic heterocycles. The van der Waals surface area contributed by atoms with Gasteiger partial charge in [0.05, 0.1) is 5.56 Å². The zero-order valence-electron chi connectivity index (χ0n) is 9.47. The largest absolute Gasteiger partial charge is 0.480 e. The van der Waals surface area contributed by atoms with Crippen molar-refractivity contribution >= 4 is 20.0 Å². The van der Waals surface area contributed by atoms with Crippen LogP contribution in [0, 0.1) is 0 Å². The minimum absolute atomic E-state index is 0.266. The molecule has 1 aromatic rings. The lowest BCUT2D eigenvalue weighted by Crippen LogP contribution is -2.24. The number of halogens is 6. The second kappa shape index (κ2) is 5.14. The van der Waals surface area contributed by atoms with E-state index < -0.39 is 42.2 Å². The molecule has 0 amide bonds. The summed E-state index contributed by atoms with van der Waals surface area (Å²) >= 11 is 0. The molecule has 0 atom stereocenters. The van der Waals surface area contributed by atoms with Gasteiger partial charge in [0.1, 0.15) is 10.0 Å². The first-order chi connectivity index (χ1) is 9.17. The quantitative estimate of drug-likeness (QED) is 0.780. The van der Waals surface area contributed by atoms with Crippen LogP contribution < -0.4 is 0 Å². The van der Waals surface area contributed by atoms with Crippen molar-refractivity contribution in [3.63, 3.8) is 0 Å². The Morgan fingerprint density at radius 2 is 1.24 bits per heavy atom. The van der Waals surface area contributed by atoms with E-state index in [2.05, 4.69) is 0 Å². The summed E-state index contributed by atoms with van der Waals surface area (Å²) in [5.41, 5.74) is -7.20. The topological polar surface area (TPSA) is 82.4 Å². The predicted octanol–water partition coefficient (Wildman–Crippen LogP) is 2.62. The molecular weight excluding hydrogens is 352 g/mol. The maximum Gasteiger partial charge on any atom is 0.480 e. The molecule has 120 valence electrons. The number of hydrogen-bond donors (Lipinski definition) is 0. The zero-order chi connectivity index (χ0) is 16.7. The average molecular weight is 356 g/mol. The normalized spacial score (nSPS) is 14.2. The van der Waals surface area contributed by atoms with Crippen LogP contribution in [0.4, 0.5) is 26.3 Å². The standard InChI is InChI=1S/C8H4F6NO4S2/c9-7(10,11)5-1-3-6(4-2-5)20(16,17)15-21(18,19)8(12,13)14/h1-4H/q-1. The van der Waals surface area contributed by atoms with Gasteiger partial charge in [0, 0.05) is 4.90 Å². The van der Waals surface area contributed by atoms with Crippen molar-refractivity contribution in [2.75, 3.05) is 0 Å². The highest BCUT2D eigenvalue weighted by Gasteiger charge is 2.40. The van der Waals surface area contributed by atoms with Gasteiger partial charge in [0.15, 0.2) is 10.0 Å². The van der Waals surface area contributed by atoms with Crippen molar-refractivity contribution in [2.45, 2.75) is 16.6 Å². The fourth-order valence-electron chi connectivity index (χ4n) is 1.03. The van der Waals surface area contributed by atoms with E-state index in [0.717, 1.165) is 0 Å². The van der Waals surface area contributed by atoms with Crippen LogP contribution in [0.15, 0.2) is 29.2 Å². The number of rotatable bonds is 3. The van der Waals surface area contributed by atoms with Gasteiger partial charge in [-0.1, -0.05) is 0 Å². The predicted molar refractivity (Wildman–Crippen MR) is 57.0 cm³/mol. The highest BCUT2D eigenvalue weighted by Crippen LogP contribution is 2.34. The Bertz CT molecular complexity index is 718. The molecule has 0 unspecified atom stereocenters. The maximum atomic E-state index is 12.2. The van der Waals surface area contributed by atoms with Crippen molar-refractivity contribution in [1.82, 2.24) is 0 Å². The molecular formula is C8H4F6NO4S2-. The van der Waals surface area contributed by atoms with Gasteiger partial charge in [-0.05, 0) is 24.3 Å². The molecule has 0 fully saturated rings. The number of hydrogen-bond acceptors (Lipinski definition) is 4. The van der Waals surface area contributed by atoms with Crippen LogP contribution in [0.25, 0.3) is 4.13 Å². The summed E-state index contributed by atoms with van der Waals surface area (Å²) in [6.07, 6.45) is -4.79. The first-order valence-electron chi connectivity index (χ1n) is 4.65. The fourth-order valence-corrected chi connectivity index (χ4v) is 3.23. The van der Waals surface area contributed by atoms with Crippen LogP contribution in [0.3, 0.4) is 0 Å². The van der Waals surface area contributed by atoms with E-state index in [1.54, 1.807) is 4.13 Å². The molecule has 0 saturated heterocycles. The van der Waals surface area contributed by atoms with E-state index in [4.69, 9.17) is 0 Å². The summed E-state index contributed by atoms with van der Waals surface area (Å²) in [5.74, 6) is 0. The fraction of sp³-hybridized carbons (Fsp3) is 0.250. The lowest BCUT2D eigenvalue weighted by atomic mass is 10.2. The van der Waals surface area contributed by atoms with Crippen LogP contribution in [0.1, 0.15) is 5.56 Å². The third kappa shape index (κ3) is 4.07. The van der Waals surface area contributed by atoms with Gasteiger partial charge in [0.25, 0.3) is 0 Å². The first-order valence-corrected chi connectivity index (χ1v) is 7.53. The summed E-state index contributed by atoms with van der Waals surface area (Å²) in [6.45, 7) is 0. The average Bonchev–Trinajstić information content (AvgIpc) is 2.25. The third-order valence-corrected chi connectivity index (χ3v) is 4.99. The summed E-state index contributed by atoms with van der Waals surface area (Å²) in [6, 6.07) is 1.13. The molecule has 5 nitrogen and oxygen atoms in total. The maximum absolute atomic E-state index is 12.2. The van der Waals surface area contributed by atoms with E-state index in [0.29, 0.717) is 12.1 Å². The van der Waals surface area contributed by atoms with E-state index in [-0.39, 0.29) is 12.1 Å². The summed E-state index contributed by atoms with van der Waals surface area (Å²) < 4.78 is 118. The summed E-state index contributed by atoms with van der Waals surface area (Å²) in [4.78, 5) is -1.12. The minimum Gasteiger partial charge on any atom is -0.424 e. The van der Waals surface area contributed by atoms with Gasteiger partial charge < -0.3 is 4.13 Å². The molecule has 13 heteroatoms. The Labute approximate surface area is 114 Å². The van der Waals surface area contributed by atoms with Crippen LogP contribution in [0.2, 0.25) is 0 Å². The van der Waals surface area contributed by atoms with Crippen molar-refractivity contribution in [1.29, 1.82) is 0 Å². The zero-order valence-corrected chi connectivity index (χ0v) is 11.1. The Morgan fingerprint density at radius 3 is 1.57 bits per heavy atom. The van der Waals surface area contributed by atoms with Gasteiger partial charge in [-0.3, -0.25) is 0 Å². The van der Waals surface area contributed by atoms with Crippen LogP contribution in [0.5, 0.6) is 0 Å². The molecule has 0 spiro atoms. The molecule has 0 radical (unpaired) electrons. The van der Waals surface area contributed by atoms with E-state index in [1.165, 1.54) is 0 Å². The van der Waals surface area contributed by atoms with Crippen LogP contribution in [-0.2, 0) is 26.2 Å². The Morgan fingerprint density at radius 1 is 0.810 bits per heavy atom. The highest BCUT2D eigenvalue weighted by molar-refractivity contribution is 8.12. The Kier molecular flexibility index (Phi) is 4.33. The molecule has 0 N–H and O–H groups in total. The summed E-state index contributed by atoms with van der Waals surface area (Å²) in [7, 11) is -11.6. The van der Waals surface area contributed by atoms with E-state index in [1.807, 2.05) is 0 Å². The molecule has 0 bridgehead atoms. The minimum atomic E-state index is -6.33. The van der Waals surface area contributed by atoms with E-state index in [9.17, 15) is 43.2 Å². The van der Waals surface area contributed by atoms with Crippen LogP contribution >= 0.6 is 0 Å². The molecule has 0 saturated carbocycles. The smallest absolute Gasteiger partial charge is 0.424 e. The van der Waals surface area contributed by atoms with Gasteiger partial charge in [0.2, 0.25) is 0 Å². The second-order valence-corrected chi connectivity index (χ2v) is 6.92. The van der Waals surface area contributed by atoms with Crippen molar-refractivity contribution in [3.05, 3.63) is 34.0 Å². The van der Waals surface area contributed by atoms with Gasteiger partial charge in [-0.2, -0.15) is 26.3 Å². The summed E-state index contributed by atoms with van der Waals surface area (Å²) in [5, 5.41) is 0. The molecule has 1 aromatic carbocycles.